The Morgan fingerprint density at radius 3 is 2.62 bits per heavy atom. The lowest BCUT2D eigenvalue weighted by Gasteiger charge is -2.28. The summed E-state index contributed by atoms with van der Waals surface area (Å²) in [5.41, 5.74) is -1.84. The van der Waals surface area contributed by atoms with Gasteiger partial charge in [0.25, 0.3) is 5.91 Å². The number of amides is 1. The number of carbonyl (C=O) groups is 1. The predicted molar refractivity (Wildman–Crippen MR) is 76.7 cm³/mol. The molecule has 9 heteroatoms. The van der Waals surface area contributed by atoms with Gasteiger partial charge in [-0.15, -0.1) is 10.2 Å². The van der Waals surface area contributed by atoms with Crippen LogP contribution in [-0.4, -0.2) is 32.5 Å². The maximum atomic E-state index is 14.5. The third-order valence-corrected chi connectivity index (χ3v) is 4.96. The molecule has 134 valence electrons. The molecule has 1 aromatic rings. The molecular formula is C15H20F4N4O. The second kappa shape index (κ2) is 6.33. The van der Waals surface area contributed by atoms with Crippen LogP contribution in [-0.2, 0) is 24.3 Å². The van der Waals surface area contributed by atoms with E-state index >= 15 is 0 Å². The van der Waals surface area contributed by atoms with Crippen LogP contribution in [0.25, 0.3) is 0 Å². The minimum Gasteiger partial charge on any atom is -0.346 e. The molecule has 1 fully saturated rings. The van der Waals surface area contributed by atoms with E-state index in [2.05, 4.69) is 15.5 Å². The van der Waals surface area contributed by atoms with Gasteiger partial charge in [0.05, 0.1) is 12.5 Å². The number of hydrogen-bond acceptors (Lipinski definition) is 3. The summed E-state index contributed by atoms with van der Waals surface area (Å²) < 4.78 is 54.5. The van der Waals surface area contributed by atoms with Crippen LogP contribution in [0.2, 0.25) is 0 Å². The Morgan fingerprint density at radius 2 is 1.96 bits per heavy atom. The zero-order chi connectivity index (χ0) is 17.4. The van der Waals surface area contributed by atoms with Crippen molar-refractivity contribution in [1.82, 2.24) is 20.1 Å². The van der Waals surface area contributed by atoms with E-state index in [4.69, 9.17) is 0 Å². The summed E-state index contributed by atoms with van der Waals surface area (Å²) in [7, 11) is 0. The molecule has 5 nitrogen and oxygen atoms in total. The Balaban J connectivity index is 1.62. The fourth-order valence-corrected chi connectivity index (χ4v) is 3.46. The van der Waals surface area contributed by atoms with E-state index in [1.165, 1.54) is 0 Å². The van der Waals surface area contributed by atoms with Crippen molar-refractivity contribution in [2.75, 3.05) is 0 Å². The van der Waals surface area contributed by atoms with E-state index in [0.29, 0.717) is 18.7 Å². The molecule has 3 rings (SSSR count). The number of rotatable bonds is 3. The fourth-order valence-electron chi connectivity index (χ4n) is 3.46. The number of carbonyl (C=O) groups excluding carboxylic acids is 1. The summed E-state index contributed by atoms with van der Waals surface area (Å²) in [4.78, 5) is 12.1. The van der Waals surface area contributed by atoms with Gasteiger partial charge in [0.1, 0.15) is 5.82 Å². The molecule has 0 spiro atoms. The van der Waals surface area contributed by atoms with Crippen molar-refractivity contribution < 1.29 is 22.4 Å². The number of hydrogen-bond donors (Lipinski definition) is 1. The molecule has 1 aliphatic heterocycles. The van der Waals surface area contributed by atoms with E-state index in [-0.39, 0.29) is 44.6 Å². The zero-order valence-corrected chi connectivity index (χ0v) is 13.2. The van der Waals surface area contributed by atoms with Crippen molar-refractivity contribution in [3.8, 4) is 0 Å². The fraction of sp³-hybridized carbons (Fsp3) is 0.800. The first-order chi connectivity index (χ1) is 11.3. The highest BCUT2D eigenvalue weighted by Gasteiger charge is 2.43. The van der Waals surface area contributed by atoms with Gasteiger partial charge in [-0.2, -0.15) is 13.2 Å². The zero-order valence-electron chi connectivity index (χ0n) is 13.2. The van der Waals surface area contributed by atoms with Crippen molar-refractivity contribution in [2.24, 2.45) is 5.92 Å². The third-order valence-electron chi connectivity index (χ3n) is 4.96. The van der Waals surface area contributed by atoms with E-state index in [0.717, 1.165) is 6.42 Å². The van der Waals surface area contributed by atoms with E-state index in [1.54, 1.807) is 4.57 Å². The van der Waals surface area contributed by atoms with E-state index < -0.39 is 23.7 Å². The van der Waals surface area contributed by atoms with Gasteiger partial charge in [-0.3, -0.25) is 4.79 Å². The van der Waals surface area contributed by atoms with Crippen molar-refractivity contribution in [2.45, 2.75) is 69.9 Å². The molecular weight excluding hydrogens is 328 g/mol. The van der Waals surface area contributed by atoms with Crippen LogP contribution >= 0.6 is 0 Å². The van der Waals surface area contributed by atoms with Crippen LogP contribution in [0.4, 0.5) is 17.6 Å². The number of nitrogens with one attached hydrogen (secondary N) is 1. The minimum absolute atomic E-state index is 0.0197. The summed E-state index contributed by atoms with van der Waals surface area (Å²) in [6, 6.07) is 0. The van der Waals surface area contributed by atoms with Gasteiger partial charge in [-0.25, -0.2) is 4.39 Å². The molecule has 2 heterocycles. The van der Waals surface area contributed by atoms with Crippen molar-refractivity contribution in [3.05, 3.63) is 11.6 Å². The van der Waals surface area contributed by atoms with Gasteiger partial charge in [0.2, 0.25) is 0 Å². The summed E-state index contributed by atoms with van der Waals surface area (Å²) in [6.45, 7) is 0.132. The third kappa shape index (κ3) is 3.39. The second-order valence-electron chi connectivity index (χ2n) is 6.62. The molecule has 1 N–H and O–H groups in total. The summed E-state index contributed by atoms with van der Waals surface area (Å²) in [6.07, 6.45) is -1.77. The first-order valence-corrected chi connectivity index (χ1v) is 8.24. The van der Waals surface area contributed by atoms with Gasteiger partial charge in [0, 0.05) is 13.0 Å². The van der Waals surface area contributed by atoms with Gasteiger partial charge in [-0.1, -0.05) is 6.42 Å². The Morgan fingerprint density at radius 1 is 1.25 bits per heavy atom. The highest BCUT2D eigenvalue weighted by Crippen LogP contribution is 2.35. The quantitative estimate of drug-likeness (QED) is 0.855. The summed E-state index contributed by atoms with van der Waals surface area (Å²) in [5.74, 6) is -1.43. The van der Waals surface area contributed by atoms with Crippen molar-refractivity contribution >= 4 is 5.91 Å². The van der Waals surface area contributed by atoms with Crippen LogP contribution in [0.3, 0.4) is 0 Å². The minimum atomic E-state index is -4.24. The van der Waals surface area contributed by atoms with Crippen LogP contribution < -0.4 is 5.32 Å². The average molecular weight is 348 g/mol. The van der Waals surface area contributed by atoms with E-state index in [9.17, 15) is 22.4 Å². The molecule has 1 atom stereocenters. The molecule has 24 heavy (non-hydrogen) atoms. The highest BCUT2D eigenvalue weighted by atomic mass is 19.4. The largest absolute Gasteiger partial charge is 0.392 e. The lowest BCUT2D eigenvalue weighted by Crippen LogP contribution is -2.44. The second-order valence-corrected chi connectivity index (χ2v) is 6.62. The van der Waals surface area contributed by atoms with Gasteiger partial charge in [0.15, 0.2) is 11.5 Å². The predicted octanol–water partition coefficient (Wildman–Crippen LogP) is 2.69. The smallest absolute Gasteiger partial charge is 0.346 e. The Kier molecular flexibility index (Phi) is 4.52. The van der Waals surface area contributed by atoms with Crippen LogP contribution in [0.15, 0.2) is 0 Å². The summed E-state index contributed by atoms with van der Waals surface area (Å²) in [5, 5.41) is 10.2. The number of alkyl halides is 4. The number of fused-ring (bicyclic) bond motifs is 1. The van der Waals surface area contributed by atoms with Gasteiger partial charge >= 0.3 is 6.18 Å². The molecule has 1 amide bonds. The Hall–Kier alpha value is -1.67. The molecule has 1 aromatic heterocycles. The maximum absolute atomic E-state index is 14.5. The van der Waals surface area contributed by atoms with Gasteiger partial charge < -0.3 is 9.88 Å². The SMILES string of the molecule is O=C(NCc1nnc2n1CCC(C(F)(F)F)C2)C1(F)CCCCC1. The molecule has 0 saturated heterocycles. The molecule has 1 saturated carbocycles. The summed E-state index contributed by atoms with van der Waals surface area (Å²) >= 11 is 0. The van der Waals surface area contributed by atoms with Crippen molar-refractivity contribution in [3.63, 3.8) is 0 Å². The first kappa shape index (κ1) is 17.2. The van der Waals surface area contributed by atoms with Gasteiger partial charge in [-0.05, 0) is 32.1 Å². The lowest BCUT2D eigenvalue weighted by molar-refractivity contribution is -0.179. The number of nitrogens with zero attached hydrogens (tertiary/aromatic N) is 3. The normalized spacial score (nSPS) is 23.6. The van der Waals surface area contributed by atoms with Crippen LogP contribution in [0.1, 0.15) is 50.2 Å². The Labute approximate surface area is 136 Å². The molecule has 0 aromatic carbocycles. The first-order valence-electron chi connectivity index (χ1n) is 8.24. The molecule has 0 bridgehead atoms. The Bertz CT molecular complexity index is 607. The number of aromatic nitrogens is 3. The van der Waals surface area contributed by atoms with Crippen LogP contribution in [0, 0.1) is 5.92 Å². The van der Waals surface area contributed by atoms with E-state index in [1.807, 2.05) is 0 Å². The molecule has 1 aliphatic carbocycles. The highest BCUT2D eigenvalue weighted by molar-refractivity contribution is 5.85. The van der Waals surface area contributed by atoms with Crippen LogP contribution in [0.5, 0.6) is 0 Å². The average Bonchev–Trinajstić information content (AvgIpc) is 2.94. The lowest BCUT2D eigenvalue weighted by atomic mass is 9.86. The standard InChI is InChI=1S/C15H20F4N4O/c16-14(5-2-1-3-6-14)13(24)20-9-12-22-21-11-8-10(15(17,18)19)4-7-23(11)12/h10H,1-9H2,(H,20,24). The monoisotopic (exact) mass is 348 g/mol. The molecule has 0 radical (unpaired) electrons. The topological polar surface area (TPSA) is 59.8 Å². The molecule has 1 unspecified atom stereocenters. The van der Waals surface area contributed by atoms with Crippen molar-refractivity contribution in [1.29, 1.82) is 0 Å². The number of halogens is 4. The maximum Gasteiger partial charge on any atom is 0.392 e. The molecule has 2 aliphatic rings.